The van der Waals surface area contributed by atoms with E-state index in [9.17, 15) is 9.59 Å². The number of halogens is 1. The smallest absolute Gasteiger partial charge is 0.322 e. The van der Waals surface area contributed by atoms with Gasteiger partial charge in [0.15, 0.2) is 0 Å². The second kappa shape index (κ2) is 5.98. The van der Waals surface area contributed by atoms with Gasteiger partial charge in [-0.15, -0.1) is 10.2 Å². The first-order chi connectivity index (χ1) is 12.1. The minimum absolute atomic E-state index is 0.340. The van der Waals surface area contributed by atoms with Crippen molar-refractivity contribution in [2.75, 3.05) is 5.32 Å². The molecule has 124 valence electrons. The molecule has 4 rings (SSSR count). The highest BCUT2D eigenvalue weighted by molar-refractivity contribution is 9.10. The molecule has 0 aliphatic carbocycles. The zero-order valence-corrected chi connectivity index (χ0v) is 14.1. The Morgan fingerprint density at radius 1 is 1.16 bits per heavy atom. The third-order valence-corrected chi connectivity index (χ3v) is 4.02. The van der Waals surface area contributed by atoms with Gasteiger partial charge in [-0.3, -0.25) is 4.79 Å². The molecular formula is C15H10BrN7O2. The number of hydrogen-bond donors (Lipinski definition) is 4. The first kappa shape index (κ1) is 15.3. The second-order valence-electron chi connectivity index (χ2n) is 5.23. The van der Waals surface area contributed by atoms with Crippen molar-refractivity contribution < 1.29 is 4.79 Å². The number of rotatable bonds is 3. The molecular weight excluding hydrogens is 390 g/mol. The molecule has 4 aromatic rings. The summed E-state index contributed by atoms with van der Waals surface area (Å²) in [5.41, 5.74) is 2.23. The Kier molecular flexibility index (Phi) is 3.65. The molecule has 4 N–H and O–H groups in total. The molecule has 0 saturated heterocycles. The topological polar surface area (TPSA) is 132 Å². The van der Waals surface area contributed by atoms with Gasteiger partial charge in [0.05, 0.1) is 16.6 Å². The lowest BCUT2D eigenvalue weighted by molar-refractivity contribution is 0.102. The van der Waals surface area contributed by atoms with Gasteiger partial charge in [0.1, 0.15) is 0 Å². The number of nitrogens with zero attached hydrogens (tertiary/aromatic N) is 3. The van der Waals surface area contributed by atoms with E-state index < -0.39 is 0 Å². The van der Waals surface area contributed by atoms with Crippen LogP contribution in [0.2, 0.25) is 0 Å². The molecule has 2 aromatic heterocycles. The van der Waals surface area contributed by atoms with E-state index in [0.29, 0.717) is 38.1 Å². The molecule has 0 bridgehead atoms. The number of fused-ring (bicyclic) bond motifs is 1. The van der Waals surface area contributed by atoms with Gasteiger partial charge in [-0.05, 0) is 29.5 Å². The third-order valence-electron chi connectivity index (χ3n) is 3.56. The lowest BCUT2D eigenvalue weighted by Gasteiger charge is -2.07. The van der Waals surface area contributed by atoms with Crippen LogP contribution in [0.3, 0.4) is 0 Å². The largest absolute Gasteiger partial charge is 0.323 e. The molecule has 1 amide bonds. The summed E-state index contributed by atoms with van der Waals surface area (Å²) in [5, 5.41) is 16.5. The SMILES string of the molecule is O=C(Nc1cccc(-c2nn[nH]n2)c1)c1cc(Br)cc2[nH]c(=O)[nH]c12. The van der Waals surface area contributed by atoms with Crippen molar-refractivity contribution in [3.8, 4) is 11.4 Å². The fraction of sp³-hybridized carbons (Fsp3) is 0. The molecule has 0 aliphatic heterocycles. The van der Waals surface area contributed by atoms with E-state index in [0.717, 1.165) is 0 Å². The highest BCUT2D eigenvalue weighted by atomic mass is 79.9. The highest BCUT2D eigenvalue weighted by Crippen LogP contribution is 2.23. The molecule has 0 unspecified atom stereocenters. The highest BCUT2D eigenvalue weighted by Gasteiger charge is 2.14. The average Bonchev–Trinajstić information content (AvgIpc) is 3.23. The number of anilines is 1. The summed E-state index contributed by atoms with van der Waals surface area (Å²) in [5.74, 6) is 0.0720. The van der Waals surface area contributed by atoms with Crippen LogP contribution in [-0.2, 0) is 0 Å². The number of nitrogens with one attached hydrogen (secondary N) is 4. The number of aromatic amines is 3. The minimum atomic E-state index is -0.374. The summed E-state index contributed by atoms with van der Waals surface area (Å²) < 4.78 is 0.681. The standard InChI is InChI=1S/C15H10BrN7O2/c16-8-5-10(12-11(6-8)18-15(25)19-12)14(24)17-9-3-1-2-7(4-9)13-20-22-23-21-13/h1-6H,(H,17,24)(H2,18,19,25)(H,20,21,22,23). The lowest BCUT2D eigenvalue weighted by Crippen LogP contribution is -2.13. The van der Waals surface area contributed by atoms with Gasteiger partial charge >= 0.3 is 5.69 Å². The number of carbonyl (C=O) groups excluding carboxylic acids is 1. The molecule has 0 saturated carbocycles. The number of benzene rings is 2. The zero-order chi connectivity index (χ0) is 17.4. The molecule has 0 atom stereocenters. The molecule has 0 fully saturated rings. The van der Waals surface area contributed by atoms with E-state index in [4.69, 9.17) is 0 Å². The van der Waals surface area contributed by atoms with Gasteiger partial charge in [0.2, 0.25) is 5.82 Å². The van der Waals surface area contributed by atoms with Crippen LogP contribution in [0.4, 0.5) is 5.69 Å². The number of tetrazole rings is 1. The fourth-order valence-corrected chi connectivity index (χ4v) is 2.96. The monoisotopic (exact) mass is 399 g/mol. The van der Waals surface area contributed by atoms with E-state index in [1.165, 1.54) is 0 Å². The van der Waals surface area contributed by atoms with Gasteiger partial charge < -0.3 is 15.3 Å². The Morgan fingerprint density at radius 3 is 2.84 bits per heavy atom. The van der Waals surface area contributed by atoms with Gasteiger partial charge in [0, 0.05) is 15.7 Å². The summed E-state index contributed by atoms with van der Waals surface area (Å²) in [6, 6.07) is 10.4. The van der Waals surface area contributed by atoms with Crippen molar-refractivity contribution in [1.82, 2.24) is 30.6 Å². The Balaban J connectivity index is 1.69. The first-order valence-corrected chi connectivity index (χ1v) is 7.96. The van der Waals surface area contributed by atoms with Gasteiger partial charge in [0.25, 0.3) is 5.91 Å². The van der Waals surface area contributed by atoms with Crippen molar-refractivity contribution in [2.45, 2.75) is 0 Å². The van der Waals surface area contributed by atoms with Crippen LogP contribution in [0.1, 0.15) is 10.4 Å². The molecule has 0 radical (unpaired) electrons. The fourth-order valence-electron chi connectivity index (χ4n) is 2.50. The lowest BCUT2D eigenvalue weighted by atomic mass is 10.1. The zero-order valence-electron chi connectivity index (χ0n) is 12.5. The maximum absolute atomic E-state index is 12.7. The number of imidazole rings is 1. The first-order valence-electron chi connectivity index (χ1n) is 7.17. The third kappa shape index (κ3) is 2.94. The molecule has 9 nitrogen and oxygen atoms in total. The van der Waals surface area contributed by atoms with Crippen molar-refractivity contribution in [3.05, 3.63) is 56.9 Å². The van der Waals surface area contributed by atoms with Crippen LogP contribution in [0, 0.1) is 0 Å². The van der Waals surface area contributed by atoms with Crippen LogP contribution in [0.5, 0.6) is 0 Å². The van der Waals surface area contributed by atoms with E-state index in [1.807, 2.05) is 6.07 Å². The Bertz CT molecular complexity index is 1130. The van der Waals surface area contributed by atoms with Crippen LogP contribution >= 0.6 is 15.9 Å². The number of amides is 1. The predicted molar refractivity (Wildman–Crippen MR) is 94.2 cm³/mol. The van der Waals surface area contributed by atoms with Crippen molar-refractivity contribution in [2.24, 2.45) is 0 Å². The van der Waals surface area contributed by atoms with Crippen molar-refractivity contribution >= 4 is 38.6 Å². The summed E-state index contributed by atoms with van der Waals surface area (Å²) in [7, 11) is 0. The van der Waals surface area contributed by atoms with Gasteiger partial charge in [-0.2, -0.15) is 5.21 Å². The molecule has 2 aromatic carbocycles. The number of H-pyrrole nitrogens is 3. The van der Waals surface area contributed by atoms with E-state index in [-0.39, 0.29) is 11.6 Å². The number of aromatic nitrogens is 6. The number of hydrogen-bond acceptors (Lipinski definition) is 5. The second-order valence-corrected chi connectivity index (χ2v) is 6.14. The van der Waals surface area contributed by atoms with Crippen molar-refractivity contribution in [1.29, 1.82) is 0 Å². The number of carbonyl (C=O) groups is 1. The molecule has 10 heteroatoms. The molecule has 0 spiro atoms. The maximum atomic E-state index is 12.7. The van der Waals surface area contributed by atoms with Crippen LogP contribution in [0.25, 0.3) is 22.4 Å². The van der Waals surface area contributed by atoms with E-state index in [2.05, 4.69) is 51.8 Å². The molecule has 25 heavy (non-hydrogen) atoms. The molecule has 2 heterocycles. The summed E-state index contributed by atoms with van der Waals surface area (Å²) in [6.07, 6.45) is 0. The van der Waals surface area contributed by atoms with Crippen molar-refractivity contribution in [3.63, 3.8) is 0 Å². The quantitative estimate of drug-likeness (QED) is 0.418. The Hall–Kier alpha value is -3.27. The van der Waals surface area contributed by atoms with Crippen LogP contribution in [0.15, 0.2) is 45.7 Å². The summed E-state index contributed by atoms with van der Waals surface area (Å²) in [4.78, 5) is 29.5. The Labute approximate surface area is 148 Å². The van der Waals surface area contributed by atoms with E-state index >= 15 is 0 Å². The normalized spacial score (nSPS) is 10.9. The van der Waals surface area contributed by atoms with Crippen LogP contribution in [-0.4, -0.2) is 36.5 Å². The predicted octanol–water partition coefficient (Wildman–Crippen LogP) is 2.05. The summed E-state index contributed by atoms with van der Waals surface area (Å²) >= 11 is 3.34. The van der Waals surface area contributed by atoms with Gasteiger partial charge in [-0.25, -0.2) is 4.79 Å². The minimum Gasteiger partial charge on any atom is -0.322 e. The van der Waals surface area contributed by atoms with E-state index in [1.54, 1.807) is 30.3 Å². The summed E-state index contributed by atoms with van der Waals surface area (Å²) in [6.45, 7) is 0. The maximum Gasteiger partial charge on any atom is 0.323 e. The Morgan fingerprint density at radius 2 is 2.04 bits per heavy atom. The van der Waals surface area contributed by atoms with Gasteiger partial charge in [-0.1, -0.05) is 28.1 Å². The van der Waals surface area contributed by atoms with Crippen LogP contribution < -0.4 is 11.0 Å². The average molecular weight is 400 g/mol. The molecule has 0 aliphatic rings.